The molecule has 28 heavy (non-hydrogen) atoms. The van der Waals surface area contributed by atoms with Gasteiger partial charge in [0.1, 0.15) is 16.7 Å². The SMILES string of the molecule is O=C(O)c1ccccc1-c1cc(O)c2c(=O)c(O)c(-c3ccccc3)oc2c1. The van der Waals surface area contributed by atoms with Crippen molar-refractivity contribution in [3.05, 3.63) is 82.5 Å². The highest BCUT2D eigenvalue weighted by atomic mass is 16.4. The summed E-state index contributed by atoms with van der Waals surface area (Å²) in [6, 6.07) is 17.7. The number of aromatic hydroxyl groups is 2. The molecule has 0 aliphatic rings. The van der Waals surface area contributed by atoms with Gasteiger partial charge in [0.2, 0.25) is 11.2 Å². The van der Waals surface area contributed by atoms with Crippen LogP contribution in [0.2, 0.25) is 0 Å². The molecule has 4 rings (SSSR count). The lowest BCUT2D eigenvalue weighted by atomic mass is 9.98. The maximum atomic E-state index is 12.6. The number of hydrogen-bond acceptors (Lipinski definition) is 5. The second-order valence-corrected chi connectivity index (χ2v) is 6.19. The number of phenols is 1. The van der Waals surface area contributed by atoms with Crippen molar-refractivity contribution in [2.24, 2.45) is 0 Å². The van der Waals surface area contributed by atoms with Gasteiger partial charge in [-0.3, -0.25) is 4.79 Å². The van der Waals surface area contributed by atoms with E-state index in [1.807, 2.05) is 0 Å². The molecule has 4 aromatic rings. The summed E-state index contributed by atoms with van der Waals surface area (Å²) < 4.78 is 5.75. The second-order valence-electron chi connectivity index (χ2n) is 6.19. The molecule has 6 nitrogen and oxygen atoms in total. The van der Waals surface area contributed by atoms with E-state index in [9.17, 15) is 24.9 Å². The Bertz CT molecular complexity index is 1270. The Kier molecular flexibility index (Phi) is 4.08. The van der Waals surface area contributed by atoms with Crippen LogP contribution in [0.15, 0.2) is 75.9 Å². The summed E-state index contributed by atoms with van der Waals surface area (Å²) in [5.74, 6) is -2.16. The number of fused-ring (bicyclic) bond motifs is 1. The number of benzene rings is 3. The fourth-order valence-corrected chi connectivity index (χ4v) is 3.15. The first-order chi connectivity index (χ1) is 13.5. The van der Waals surface area contributed by atoms with E-state index in [4.69, 9.17) is 4.42 Å². The van der Waals surface area contributed by atoms with Crippen LogP contribution in [0.4, 0.5) is 0 Å². The molecule has 6 heteroatoms. The summed E-state index contributed by atoms with van der Waals surface area (Å²) in [6.07, 6.45) is 0. The van der Waals surface area contributed by atoms with Crippen LogP contribution in [0, 0.1) is 0 Å². The van der Waals surface area contributed by atoms with Crippen molar-refractivity contribution < 1.29 is 24.5 Å². The Morgan fingerprint density at radius 3 is 2.25 bits per heavy atom. The molecule has 0 aliphatic carbocycles. The van der Waals surface area contributed by atoms with Gasteiger partial charge in [-0.15, -0.1) is 0 Å². The topological polar surface area (TPSA) is 108 Å². The third kappa shape index (κ3) is 2.77. The molecular formula is C22H14O6. The van der Waals surface area contributed by atoms with Gasteiger partial charge in [0.15, 0.2) is 5.76 Å². The molecular weight excluding hydrogens is 360 g/mol. The predicted octanol–water partition coefficient (Wildman–Crippen LogP) is 4.24. The zero-order valence-electron chi connectivity index (χ0n) is 14.4. The van der Waals surface area contributed by atoms with Crippen LogP contribution in [-0.2, 0) is 0 Å². The van der Waals surface area contributed by atoms with Crippen molar-refractivity contribution in [1.82, 2.24) is 0 Å². The summed E-state index contributed by atoms with van der Waals surface area (Å²) in [5.41, 5.74) is 0.549. The molecule has 0 unspecified atom stereocenters. The lowest BCUT2D eigenvalue weighted by Crippen LogP contribution is -2.04. The van der Waals surface area contributed by atoms with E-state index < -0.39 is 22.9 Å². The third-order valence-corrected chi connectivity index (χ3v) is 4.46. The summed E-state index contributed by atoms with van der Waals surface area (Å²) >= 11 is 0. The van der Waals surface area contributed by atoms with Crippen molar-refractivity contribution in [3.8, 4) is 33.9 Å². The fourth-order valence-electron chi connectivity index (χ4n) is 3.15. The van der Waals surface area contributed by atoms with Gasteiger partial charge in [0, 0.05) is 5.56 Å². The molecule has 1 heterocycles. The molecule has 0 saturated heterocycles. The molecule has 3 aromatic carbocycles. The van der Waals surface area contributed by atoms with Crippen LogP contribution in [0.1, 0.15) is 10.4 Å². The zero-order chi connectivity index (χ0) is 19.8. The van der Waals surface area contributed by atoms with Crippen molar-refractivity contribution >= 4 is 16.9 Å². The first-order valence-electron chi connectivity index (χ1n) is 8.38. The lowest BCUT2D eigenvalue weighted by Gasteiger charge is -2.10. The summed E-state index contributed by atoms with van der Waals surface area (Å²) in [5, 5.41) is 29.9. The average molecular weight is 374 g/mol. The molecule has 1 aromatic heterocycles. The first-order valence-corrected chi connectivity index (χ1v) is 8.38. The Balaban J connectivity index is 2.03. The molecule has 0 amide bonds. The highest BCUT2D eigenvalue weighted by molar-refractivity contribution is 5.98. The Labute approximate surface area is 158 Å². The Morgan fingerprint density at radius 1 is 0.857 bits per heavy atom. The smallest absolute Gasteiger partial charge is 0.336 e. The molecule has 0 atom stereocenters. The van der Waals surface area contributed by atoms with E-state index >= 15 is 0 Å². The number of phenolic OH excluding ortho intramolecular Hbond substituents is 1. The van der Waals surface area contributed by atoms with Crippen molar-refractivity contribution in [1.29, 1.82) is 0 Å². The minimum atomic E-state index is -1.12. The third-order valence-electron chi connectivity index (χ3n) is 4.46. The minimum absolute atomic E-state index is 0.0267. The van der Waals surface area contributed by atoms with Gasteiger partial charge in [0.25, 0.3) is 0 Å². The molecule has 0 aliphatic heterocycles. The number of rotatable bonds is 3. The van der Waals surface area contributed by atoms with E-state index in [0.717, 1.165) is 0 Å². The normalized spacial score (nSPS) is 10.9. The van der Waals surface area contributed by atoms with E-state index in [1.54, 1.807) is 48.5 Å². The van der Waals surface area contributed by atoms with Crippen LogP contribution in [0.25, 0.3) is 33.4 Å². The maximum Gasteiger partial charge on any atom is 0.336 e. The van der Waals surface area contributed by atoms with Crippen LogP contribution in [0.3, 0.4) is 0 Å². The van der Waals surface area contributed by atoms with Crippen LogP contribution < -0.4 is 5.43 Å². The molecule has 0 saturated carbocycles. The minimum Gasteiger partial charge on any atom is -0.507 e. The molecule has 3 N–H and O–H groups in total. The summed E-state index contributed by atoms with van der Waals surface area (Å²) in [7, 11) is 0. The fraction of sp³-hybridized carbons (Fsp3) is 0. The van der Waals surface area contributed by atoms with Crippen LogP contribution in [0.5, 0.6) is 11.5 Å². The van der Waals surface area contributed by atoms with E-state index in [-0.39, 0.29) is 22.3 Å². The second kappa shape index (κ2) is 6.59. The van der Waals surface area contributed by atoms with Gasteiger partial charge in [-0.1, -0.05) is 48.5 Å². The monoisotopic (exact) mass is 374 g/mol. The van der Waals surface area contributed by atoms with Gasteiger partial charge < -0.3 is 19.7 Å². The number of aromatic carboxylic acids is 1. The van der Waals surface area contributed by atoms with E-state index in [1.165, 1.54) is 18.2 Å². The Hall–Kier alpha value is -4.06. The largest absolute Gasteiger partial charge is 0.507 e. The van der Waals surface area contributed by atoms with Crippen molar-refractivity contribution in [2.75, 3.05) is 0 Å². The first kappa shape index (κ1) is 17.4. The van der Waals surface area contributed by atoms with Crippen molar-refractivity contribution in [2.45, 2.75) is 0 Å². The summed E-state index contributed by atoms with van der Waals surface area (Å²) in [4.78, 5) is 24.1. The number of carbonyl (C=O) groups is 1. The van der Waals surface area contributed by atoms with Gasteiger partial charge >= 0.3 is 5.97 Å². The lowest BCUT2D eigenvalue weighted by molar-refractivity contribution is 0.0697. The average Bonchev–Trinajstić information content (AvgIpc) is 2.70. The number of hydrogen-bond donors (Lipinski definition) is 3. The zero-order valence-corrected chi connectivity index (χ0v) is 14.4. The number of carboxylic acid groups (broad SMARTS) is 1. The molecule has 0 radical (unpaired) electrons. The highest BCUT2D eigenvalue weighted by Gasteiger charge is 2.20. The quantitative estimate of drug-likeness (QED) is 0.495. The van der Waals surface area contributed by atoms with Gasteiger partial charge in [0.05, 0.1) is 5.56 Å². The van der Waals surface area contributed by atoms with Gasteiger partial charge in [-0.2, -0.15) is 0 Å². The standard InChI is InChI=1S/C22H14O6/c23-16-10-13(14-8-4-5-9-15(14)22(26)27)11-17-18(16)19(24)20(25)21(28-17)12-6-2-1-3-7-12/h1-11,23,25H,(H,26,27). The molecule has 0 spiro atoms. The molecule has 0 bridgehead atoms. The van der Waals surface area contributed by atoms with Crippen LogP contribution in [-0.4, -0.2) is 21.3 Å². The molecule has 0 fully saturated rings. The van der Waals surface area contributed by atoms with Crippen LogP contribution >= 0.6 is 0 Å². The summed E-state index contributed by atoms with van der Waals surface area (Å²) in [6.45, 7) is 0. The predicted molar refractivity (Wildman–Crippen MR) is 104 cm³/mol. The van der Waals surface area contributed by atoms with E-state index in [2.05, 4.69) is 0 Å². The van der Waals surface area contributed by atoms with E-state index in [0.29, 0.717) is 16.7 Å². The molecule has 138 valence electrons. The van der Waals surface area contributed by atoms with Gasteiger partial charge in [-0.05, 0) is 29.3 Å². The van der Waals surface area contributed by atoms with Gasteiger partial charge in [-0.25, -0.2) is 4.79 Å². The highest BCUT2D eigenvalue weighted by Crippen LogP contribution is 2.36. The Morgan fingerprint density at radius 2 is 1.54 bits per heavy atom. The maximum absolute atomic E-state index is 12.6. The van der Waals surface area contributed by atoms with Crippen molar-refractivity contribution in [3.63, 3.8) is 0 Å². The number of carboxylic acids is 1.